The van der Waals surface area contributed by atoms with Gasteiger partial charge in [0.1, 0.15) is 0 Å². The third-order valence-corrected chi connectivity index (χ3v) is 1.54. The molecule has 0 aromatic rings. The third kappa shape index (κ3) is 4.27. The fraction of sp³-hybridized carbons (Fsp3) is 0.500. The van der Waals surface area contributed by atoms with E-state index in [-0.39, 0.29) is 12.2 Å². The van der Waals surface area contributed by atoms with E-state index in [0.29, 0.717) is 0 Å². The summed E-state index contributed by atoms with van der Waals surface area (Å²) in [6.07, 6.45) is 2.36. The van der Waals surface area contributed by atoms with Crippen molar-refractivity contribution in [3.8, 4) is 0 Å². The minimum Gasteiger partial charge on any atom is -0.469 e. The Hall–Kier alpha value is -1.36. The van der Waals surface area contributed by atoms with Crippen molar-refractivity contribution in [1.29, 1.82) is 0 Å². The second-order valence-electron chi connectivity index (χ2n) is 2.36. The molecular weight excluding hydrogens is 172 g/mol. The summed E-state index contributed by atoms with van der Waals surface area (Å²) in [4.78, 5) is 22.2. The lowest BCUT2D eigenvalue weighted by Crippen LogP contribution is -2.35. The van der Waals surface area contributed by atoms with Gasteiger partial charge in [0, 0.05) is 0 Å². The zero-order chi connectivity index (χ0) is 11.0. The van der Waals surface area contributed by atoms with E-state index in [0.717, 1.165) is 0 Å². The van der Waals surface area contributed by atoms with Crippen molar-refractivity contribution >= 4 is 11.8 Å². The van der Waals surface area contributed by atoms with Crippen molar-refractivity contribution in [2.75, 3.05) is 14.2 Å². The average molecular weight is 188 g/mol. The molecule has 0 unspecified atom stereocenters. The zero-order valence-corrected chi connectivity index (χ0v) is 7.66. The number of methoxy groups -OCH3 is 1. The van der Waals surface area contributed by atoms with Gasteiger partial charge in [0.2, 0.25) is 0 Å². The van der Waals surface area contributed by atoms with Crippen molar-refractivity contribution in [2.24, 2.45) is 5.73 Å². The highest BCUT2D eigenvalue weighted by Crippen LogP contribution is 1.96. The Kier molecular flexibility index (Phi) is 4.63. The van der Waals surface area contributed by atoms with E-state index in [1.807, 2.05) is 5.73 Å². The van der Waals surface area contributed by atoms with Crippen LogP contribution < -0.4 is 11.0 Å². The molecule has 0 aliphatic heterocycles. The minimum absolute atomic E-state index is 0.0197. The molecule has 5 heteroatoms. The number of rotatable bonds is 6. The maximum Gasteiger partial charge on any atom is 0.307 e. The van der Waals surface area contributed by atoms with E-state index in [4.69, 9.17) is 1.41 Å². The quantitative estimate of drug-likeness (QED) is 0.420. The summed E-state index contributed by atoms with van der Waals surface area (Å²) < 4.78 is 11.0. The van der Waals surface area contributed by atoms with E-state index in [1.165, 1.54) is 19.4 Å². The second-order valence-corrected chi connectivity index (χ2v) is 2.36. The van der Waals surface area contributed by atoms with E-state index in [9.17, 15) is 9.59 Å². The molecule has 5 nitrogen and oxygen atoms in total. The predicted molar refractivity (Wildman–Crippen MR) is 47.8 cm³/mol. The summed E-state index contributed by atoms with van der Waals surface area (Å²) >= 11 is 0. The van der Waals surface area contributed by atoms with Crippen LogP contribution in [0.5, 0.6) is 0 Å². The first-order chi connectivity index (χ1) is 6.65. The van der Waals surface area contributed by atoms with Crippen LogP contribution in [0.15, 0.2) is 12.3 Å². The summed E-state index contributed by atoms with van der Waals surface area (Å²) in [7, 11) is 2.84. The Morgan fingerprint density at radius 2 is 2.46 bits per heavy atom. The van der Waals surface area contributed by atoms with Crippen molar-refractivity contribution in [3.63, 3.8) is 0 Å². The highest BCUT2D eigenvalue weighted by molar-refractivity contribution is 5.96. The standard InChI is InChI=1S/C8H14N2O3/c1-10-6(5-8(12)13-2)7(11)3-4-9/h3-4,6,10H,5,9H2,1-2H3/t6-/m0/s1/i/hT. The molecule has 13 heavy (non-hydrogen) atoms. The van der Waals surface area contributed by atoms with Crippen LogP contribution in [0.4, 0.5) is 0 Å². The van der Waals surface area contributed by atoms with E-state index in [2.05, 4.69) is 10.1 Å². The van der Waals surface area contributed by atoms with Gasteiger partial charge in [-0.25, -0.2) is 0 Å². The molecule has 0 spiro atoms. The first kappa shape index (κ1) is 9.73. The average Bonchev–Trinajstić information content (AvgIpc) is 2.21. The van der Waals surface area contributed by atoms with Gasteiger partial charge in [0.25, 0.3) is 0 Å². The van der Waals surface area contributed by atoms with Gasteiger partial charge in [-0.05, 0) is 19.3 Å². The number of nitrogens with two attached hydrogens (primary N) is 1. The Morgan fingerprint density at radius 3 is 2.92 bits per heavy atom. The lowest BCUT2D eigenvalue weighted by atomic mass is 10.1. The number of ether oxygens (including phenoxy) is 1. The van der Waals surface area contributed by atoms with Crippen LogP contribution in [0.1, 0.15) is 6.42 Å². The Labute approximate surface area is 78.4 Å². The minimum atomic E-state index is -0.605. The van der Waals surface area contributed by atoms with Gasteiger partial charge in [0.15, 0.2) is 7.20 Å². The monoisotopic (exact) mass is 188 g/mol. The lowest BCUT2D eigenvalue weighted by molar-refractivity contribution is -0.142. The predicted octanol–water partition coefficient (Wildman–Crippen LogP) is -0.821. The molecule has 0 rings (SSSR count). The Morgan fingerprint density at radius 1 is 1.77 bits per heavy atom. The summed E-state index contributed by atoms with van der Waals surface area (Å²) in [5.41, 5.74) is 1.95. The van der Waals surface area contributed by atoms with Crippen LogP contribution in [-0.2, 0) is 14.3 Å². The highest BCUT2D eigenvalue weighted by Gasteiger charge is 2.17. The maximum absolute atomic E-state index is 11.3. The molecule has 74 valence electrons. The molecule has 0 radical (unpaired) electrons. The fourth-order valence-electron chi connectivity index (χ4n) is 0.793. The van der Waals surface area contributed by atoms with E-state index in [1.54, 1.807) is 7.05 Å². The number of hydrogen-bond acceptors (Lipinski definition) is 5. The first-order valence-corrected chi connectivity index (χ1v) is 3.77. The van der Waals surface area contributed by atoms with Gasteiger partial charge >= 0.3 is 5.97 Å². The lowest BCUT2D eigenvalue weighted by Gasteiger charge is -2.10. The molecule has 1 atom stereocenters. The number of hydrogen-bond donors (Lipinski definition) is 2. The van der Waals surface area contributed by atoms with Crippen molar-refractivity contribution in [3.05, 3.63) is 12.3 Å². The van der Waals surface area contributed by atoms with Crippen LogP contribution in [-0.4, -0.2) is 32.0 Å². The van der Waals surface area contributed by atoms with Gasteiger partial charge in [-0.2, -0.15) is 0 Å². The summed E-state index contributed by atoms with van der Waals surface area (Å²) in [6.45, 7) is 0. The zero-order valence-electron chi connectivity index (χ0n) is 8.66. The van der Waals surface area contributed by atoms with Crippen molar-refractivity contribution in [2.45, 2.75) is 12.5 Å². The molecule has 0 aliphatic rings. The molecule has 0 fully saturated rings. The highest BCUT2D eigenvalue weighted by atomic mass is 16.5. The van der Waals surface area contributed by atoms with Crippen LogP contribution in [0.2, 0.25) is 1.41 Å². The fourth-order valence-corrected chi connectivity index (χ4v) is 0.793. The molecule has 0 saturated heterocycles. The molecule has 0 aliphatic carbocycles. The summed E-state index contributed by atoms with van der Waals surface area (Å²) in [5.74, 6) is -0.734. The van der Waals surface area contributed by atoms with Crippen LogP contribution in [0.3, 0.4) is 0 Å². The molecular formula is C8H14N2O3. The van der Waals surface area contributed by atoms with Gasteiger partial charge in [-0.3, -0.25) is 9.59 Å². The third-order valence-electron chi connectivity index (χ3n) is 1.54. The number of esters is 1. The topological polar surface area (TPSA) is 81.4 Å². The molecule has 3 N–H and O–H groups in total. The van der Waals surface area contributed by atoms with Crippen LogP contribution >= 0.6 is 0 Å². The van der Waals surface area contributed by atoms with Gasteiger partial charge in [-0.15, -0.1) is 0 Å². The van der Waals surface area contributed by atoms with Gasteiger partial charge in [-0.1, -0.05) is 0 Å². The normalized spacial score (nSPS) is 13.5. The number of carbonyl (C=O) groups excluding carboxylic acids is 2. The van der Waals surface area contributed by atoms with E-state index < -0.39 is 12.0 Å². The molecule has 0 bridgehead atoms. The first-order valence-electron chi connectivity index (χ1n) is 4.27. The molecule has 0 aromatic heterocycles. The Bertz CT molecular complexity index is 231. The number of nitrogens with one attached hydrogen (secondary N) is 1. The van der Waals surface area contributed by atoms with Crippen molar-refractivity contribution < 1.29 is 15.7 Å². The molecule has 0 aromatic carbocycles. The van der Waals surface area contributed by atoms with E-state index >= 15 is 0 Å². The maximum atomic E-state index is 11.3. The largest absolute Gasteiger partial charge is 0.469 e. The van der Waals surface area contributed by atoms with Crippen LogP contribution in [0.25, 0.3) is 0 Å². The molecule has 0 amide bonds. The van der Waals surface area contributed by atoms with Gasteiger partial charge in [0.05, 0.1) is 19.6 Å². The number of carbonyl (C=O) groups is 2. The summed E-state index contributed by atoms with van der Waals surface area (Å²) in [6, 6.07) is -0.605. The molecule has 0 heterocycles. The van der Waals surface area contributed by atoms with Gasteiger partial charge < -0.3 is 15.8 Å². The smallest absolute Gasteiger partial charge is 0.307 e. The number of likely N-dealkylation sites (N-methyl/N-ethyl adjacent to an activating group) is 1. The Balaban J connectivity index is 4.19. The summed E-state index contributed by atoms with van der Waals surface area (Å²) in [5, 5.41) is 2.69. The number of ketones is 1. The van der Waals surface area contributed by atoms with Crippen LogP contribution in [0, 0.1) is 0 Å². The second kappa shape index (κ2) is 6.19. The van der Waals surface area contributed by atoms with Crippen molar-refractivity contribution in [1.82, 2.24) is 5.32 Å². The molecule has 0 saturated carbocycles. The SMILES string of the molecule is [3H]NC=CC(=O)[C@H](CC(=O)OC)NC.